The third-order valence-corrected chi connectivity index (χ3v) is 7.21. The summed E-state index contributed by atoms with van der Waals surface area (Å²) in [6.45, 7) is 1.38. The summed E-state index contributed by atoms with van der Waals surface area (Å²) in [6, 6.07) is 13.9. The number of imide groups is 1. The van der Waals surface area contributed by atoms with Crippen LogP contribution in [0, 0.1) is 0 Å². The number of benzene rings is 2. The number of H-pyrrole nitrogens is 1. The number of ether oxygens (including phenoxy) is 1. The molecule has 0 saturated carbocycles. The van der Waals surface area contributed by atoms with Crippen LogP contribution in [-0.4, -0.2) is 66.4 Å². The Morgan fingerprint density at radius 1 is 1.00 bits per heavy atom. The molecule has 1 atom stereocenters. The molecule has 0 aliphatic carbocycles. The molecule has 5 rings (SSSR count). The fourth-order valence-electron chi connectivity index (χ4n) is 4.91. The van der Waals surface area contributed by atoms with Gasteiger partial charge in [-0.2, -0.15) is 0 Å². The summed E-state index contributed by atoms with van der Waals surface area (Å²) in [5, 5.41) is 4.38. The lowest BCUT2D eigenvalue weighted by Crippen LogP contribution is -2.31. The Morgan fingerprint density at radius 3 is 2.43 bits per heavy atom. The van der Waals surface area contributed by atoms with Gasteiger partial charge in [-0.3, -0.25) is 14.9 Å². The Morgan fingerprint density at radius 2 is 1.71 bits per heavy atom. The van der Waals surface area contributed by atoms with Gasteiger partial charge in [0, 0.05) is 58.4 Å². The van der Waals surface area contributed by atoms with E-state index in [0.29, 0.717) is 17.7 Å². The number of hydrogen-bond acceptors (Lipinski definition) is 5. The molecule has 2 aromatic heterocycles. The number of aromatic nitrogens is 2. The van der Waals surface area contributed by atoms with Gasteiger partial charge in [-0.15, -0.1) is 11.8 Å². The van der Waals surface area contributed by atoms with Crippen LogP contribution in [-0.2, 0) is 20.9 Å². The number of fused-ring (bicyclic) bond motifs is 2. The van der Waals surface area contributed by atoms with E-state index < -0.39 is 0 Å². The first-order valence-electron chi connectivity index (χ1n) is 11.4. The predicted octanol–water partition coefficient (Wildman–Crippen LogP) is 3.99. The molecule has 0 bridgehead atoms. The van der Waals surface area contributed by atoms with Gasteiger partial charge in [-0.05, 0) is 32.5 Å². The molecule has 35 heavy (non-hydrogen) atoms. The minimum Gasteiger partial charge on any atom is -0.378 e. The number of thioether (sulfide) groups is 1. The van der Waals surface area contributed by atoms with E-state index in [1.807, 2.05) is 69.1 Å². The van der Waals surface area contributed by atoms with Crippen LogP contribution < -0.4 is 5.32 Å². The molecule has 2 N–H and O–H groups in total. The van der Waals surface area contributed by atoms with Crippen molar-refractivity contribution in [3.8, 4) is 0 Å². The van der Waals surface area contributed by atoms with Crippen LogP contribution in [0.2, 0.25) is 0 Å². The SMILES string of the molecule is COC(CN(C)C)Cn1cc(C2=C(c3c[nH]c4ccccc34)C(=O)NC2=O)c2cccc(SC)c21. The maximum atomic E-state index is 13.2. The molecule has 8 heteroatoms. The average molecular weight is 489 g/mol. The van der Waals surface area contributed by atoms with Crippen molar-refractivity contribution in [3.63, 3.8) is 0 Å². The molecule has 4 aromatic rings. The van der Waals surface area contributed by atoms with Crippen molar-refractivity contribution < 1.29 is 14.3 Å². The Balaban J connectivity index is 1.75. The molecule has 0 spiro atoms. The third kappa shape index (κ3) is 4.07. The molecule has 0 saturated heterocycles. The van der Waals surface area contributed by atoms with E-state index >= 15 is 0 Å². The van der Waals surface area contributed by atoms with Gasteiger partial charge in [0.1, 0.15) is 0 Å². The second-order valence-electron chi connectivity index (χ2n) is 8.95. The number of aromatic amines is 1. The molecule has 1 aliphatic heterocycles. The van der Waals surface area contributed by atoms with E-state index in [0.717, 1.165) is 44.4 Å². The van der Waals surface area contributed by atoms with Gasteiger partial charge in [0.25, 0.3) is 11.8 Å². The van der Waals surface area contributed by atoms with E-state index in [1.165, 1.54) is 0 Å². The number of nitrogens with zero attached hydrogens (tertiary/aromatic N) is 2. The Kier molecular flexibility index (Phi) is 6.27. The topological polar surface area (TPSA) is 79.4 Å². The second kappa shape index (κ2) is 9.37. The van der Waals surface area contributed by atoms with Gasteiger partial charge >= 0.3 is 0 Å². The quantitative estimate of drug-likeness (QED) is 0.290. The van der Waals surface area contributed by atoms with Crippen LogP contribution >= 0.6 is 11.8 Å². The molecule has 2 aromatic carbocycles. The number of rotatable bonds is 8. The summed E-state index contributed by atoms with van der Waals surface area (Å²) in [6.07, 6.45) is 5.81. The van der Waals surface area contributed by atoms with Crippen molar-refractivity contribution >= 4 is 56.5 Å². The third-order valence-electron chi connectivity index (χ3n) is 6.44. The number of hydrogen-bond donors (Lipinski definition) is 2. The van der Waals surface area contributed by atoms with Crippen molar-refractivity contribution in [2.24, 2.45) is 0 Å². The highest BCUT2D eigenvalue weighted by atomic mass is 32.2. The van der Waals surface area contributed by atoms with Crippen LogP contribution in [0.15, 0.2) is 59.8 Å². The number of amides is 2. The zero-order valence-electron chi connectivity index (χ0n) is 20.2. The van der Waals surface area contributed by atoms with Gasteiger partial charge in [0.05, 0.1) is 29.3 Å². The van der Waals surface area contributed by atoms with Crippen molar-refractivity contribution in [1.82, 2.24) is 19.8 Å². The lowest BCUT2D eigenvalue weighted by Gasteiger charge is -2.21. The molecule has 1 aliphatic rings. The normalized spacial score (nSPS) is 15.1. The van der Waals surface area contributed by atoms with E-state index in [9.17, 15) is 9.59 Å². The number of carbonyl (C=O) groups is 2. The molecule has 3 heterocycles. The van der Waals surface area contributed by atoms with Crippen LogP contribution in [0.3, 0.4) is 0 Å². The van der Waals surface area contributed by atoms with E-state index in [-0.39, 0.29) is 17.9 Å². The van der Waals surface area contributed by atoms with Gasteiger partial charge in [-0.25, -0.2) is 0 Å². The smallest absolute Gasteiger partial charge is 0.259 e. The van der Waals surface area contributed by atoms with E-state index in [4.69, 9.17) is 4.74 Å². The summed E-state index contributed by atoms with van der Waals surface area (Å²) in [7, 11) is 5.76. The molecular formula is C27H28N4O3S. The van der Waals surface area contributed by atoms with Crippen LogP contribution in [0.25, 0.3) is 33.0 Å². The number of para-hydroxylation sites is 2. The molecule has 0 radical (unpaired) electrons. The highest BCUT2D eigenvalue weighted by Gasteiger charge is 2.35. The number of carbonyl (C=O) groups excluding carboxylic acids is 2. The number of likely N-dealkylation sites (N-methyl/N-ethyl adjacent to an activating group) is 1. The van der Waals surface area contributed by atoms with Gasteiger partial charge in [-0.1, -0.05) is 30.3 Å². The summed E-state index contributed by atoms with van der Waals surface area (Å²) in [5.74, 6) is -0.750. The van der Waals surface area contributed by atoms with Gasteiger partial charge < -0.3 is 19.2 Å². The Hall–Kier alpha value is -3.33. The van der Waals surface area contributed by atoms with Crippen LogP contribution in [0.4, 0.5) is 0 Å². The zero-order valence-corrected chi connectivity index (χ0v) is 21.0. The minimum absolute atomic E-state index is 0.0375. The van der Waals surface area contributed by atoms with Crippen molar-refractivity contribution in [2.75, 3.05) is 34.0 Å². The van der Waals surface area contributed by atoms with Crippen LogP contribution in [0.5, 0.6) is 0 Å². The summed E-state index contributed by atoms with van der Waals surface area (Å²) in [4.78, 5) is 32.7. The minimum atomic E-state index is -0.376. The Labute approximate surface area is 208 Å². The van der Waals surface area contributed by atoms with Crippen molar-refractivity contribution in [2.45, 2.75) is 17.5 Å². The first-order valence-corrected chi connectivity index (χ1v) is 12.7. The first-order chi connectivity index (χ1) is 16.9. The molecular weight excluding hydrogens is 460 g/mol. The molecule has 2 amide bonds. The number of methoxy groups -OCH3 is 1. The highest BCUT2D eigenvalue weighted by molar-refractivity contribution is 7.98. The summed E-state index contributed by atoms with van der Waals surface area (Å²) >= 11 is 1.66. The van der Waals surface area contributed by atoms with E-state index in [1.54, 1.807) is 18.9 Å². The maximum Gasteiger partial charge on any atom is 0.259 e. The predicted molar refractivity (Wildman–Crippen MR) is 141 cm³/mol. The fourth-order valence-corrected chi connectivity index (χ4v) is 5.55. The summed E-state index contributed by atoms with van der Waals surface area (Å²) in [5.41, 5.74) is 4.23. The molecule has 1 unspecified atom stereocenters. The van der Waals surface area contributed by atoms with Crippen molar-refractivity contribution in [3.05, 3.63) is 66.0 Å². The molecule has 180 valence electrons. The Bertz CT molecular complexity index is 1480. The number of nitrogens with one attached hydrogen (secondary N) is 2. The van der Waals surface area contributed by atoms with Gasteiger partial charge in [0.2, 0.25) is 0 Å². The first kappa shape index (κ1) is 23.4. The summed E-state index contributed by atoms with van der Waals surface area (Å²) < 4.78 is 7.93. The lowest BCUT2D eigenvalue weighted by atomic mass is 9.95. The highest BCUT2D eigenvalue weighted by Crippen LogP contribution is 2.40. The zero-order chi connectivity index (χ0) is 24.7. The van der Waals surface area contributed by atoms with Gasteiger partial charge in [0.15, 0.2) is 0 Å². The molecule has 0 fully saturated rings. The maximum absolute atomic E-state index is 13.2. The van der Waals surface area contributed by atoms with Crippen molar-refractivity contribution in [1.29, 1.82) is 0 Å². The van der Waals surface area contributed by atoms with E-state index in [2.05, 4.69) is 25.8 Å². The molecule has 7 nitrogen and oxygen atoms in total. The standard InChI is InChI=1S/C27H28N4O3S/c1-30(2)13-16(34-3)14-31-15-20(18-9-7-11-22(35-4)25(18)31)24-23(26(32)29-27(24)33)19-12-28-21-10-6-5-8-17(19)21/h5-12,15-16,28H,13-14H2,1-4H3,(H,29,32,33). The monoisotopic (exact) mass is 488 g/mol. The van der Waals surface area contributed by atoms with Crippen LogP contribution in [0.1, 0.15) is 11.1 Å². The lowest BCUT2D eigenvalue weighted by molar-refractivity contribution is -0.122. The second-order valence-corrected chi connectivity index (χ2v) is 9.80. The largest absolute Gasteiger partial charge is 0.378 e. The fraction of sp³-hybridized carbons (Fsp3) is 0.259. The average Bonchev–Trinajstić information content (AvgIpc) is 3.51.